The predicted octanol–water partition coefficient (Wildman–Crippen LogP) is 2.67. The predicted molar refractivity (Wildman–Crippen MR) is 74.4 cm³/mol. The number of likely N-dealkylation sites (N-methyl/N-ethyl adjacent to an activating group) is 1. The minimum absolute atomic E-state index is 0.731. The molecular formula is C15H25N2+. The van der Waals surface area contributed by atoms with Crippen molar-refractivity contribution in [2.24, 2.45) is 0 Å². The molecule has 1 aliphatic heterocycles. The number of rotatable bonds is 2. The van der Waals surface area contributed by atoms with E-state index in [2.05, 4.69) is 57.0 Å². The molecule has 0 radical (unpaired) electrons. The molecule has 0 atom stereocenters. The van der Waals surface area contributed by atoms with Crippen LogP contribution >= 0.6 is 0 Å². The molecule has 0 saturated carbocycles. The molecule has 2 heteroatoms. The summed E-state index contributed by atoms with van der Waals surface area (Å²) in [7, 11) is 2.39. The zero-order chi connectivity index (χ0) is 12.5. The zero-order valence-electron chi connectivity index (χ0n) is 11.6. The van der Waals surface area contributed by atoms with E-state index in [1.54, 1.807) is 0 Å². The highest BCUT2D eigenvalue weighted by Gasteiger charge is 2.31. The van der Waals surface area contributed by atoms with Crippen molar-refractivity contribution in [3.05, 3.63) is 29.8 Å². The number of piperazine rings is 1. The molecule has 1 aromatic carbocycles. The number of hydrogen-bond acceptors (Lipinski definition) is 1. The van der Waals surface area contributed by atoms with Crippen molar-refractivity contribution in [3.8, 4) is 0 Å². The molecule has 0 N–H and O–H groups in total. The molecule has 1 aromatic rings. The fourth-order valence-corrected chi connectivity index (χ4v) is 2.52. The second-order valence-corrected chi connectivity index (χ2v) is 5.85. The lowest BCUT2D eigenvalue weighted by atomic mass is 10.1. The van der Waals surface area contributed by atoms with E-state index in [1.807, 2.05) is 0 Å². The summed E-state index contributed by atoms with van der Waals surface area (Å²) in [6.45, 7) is 11.7. The van der Waals surface area contributed by atoms with Crippen LogP contribution < -0.4 is 4.90 Å². The smallest absolute Gasteiger partial charge is 0.0965 e. The monoisotopic (exact) mass is 233 g/mol. The minimum atomic E-state index is 0.731. The van der Waals surface area contributed by atoms with Gasteiger partial charge in [-0.15, -0.1) is 0 Å². The largest absolute Gasteiger partial charge is 0.360 e. The first-order valence-corrected chi connectivity index (χ1v) is 6.67. The summed E-state index contributed by atoms with van der Waals surface area (Å²) in [4.78, 5) is 2.52. The van der Waals surface area contributed by atoms with Crippen LogP contribution in [0.3, 0.4) is 0 Å². The van der Waals surface area contributed by atoms with Gasteiger partial charge in [0.25, 0.3) is 0 Å². The molecule has 0 amide bonds. The van der Waals surface area contributed by atoms with E-state index in [0.717, 1.165) is 6.04 Å². The number of anilines is 1. The van der Waals surface area contributed by atoms with Crippen molar-refractivity contribution in [1.82, 2.24) is 0 Å². The van der Waals surface area contributed by atoms with Gasteiger partial charge in [-0.2, -0.15) is 0 Å². The summed E-state index contributed by atoms with van der Waals surface area (Å²) >= 11 is 0. The van der Waals surface area contributed by atoms with E-state index in [0.29, 0.717) is 0 Å². The first-order valence-electron chi connectivity index (χ1n) is 6.67. The number of benzene rings is 1. The van der Waals surface area contributed by atoms with Gasteiger partial charge in [-0.1, -0.05) is 12.1 Å². The Hall–Kier alpha value is -1.02. The summed E-state index contributed by atoms with van der Waals surface area (Å²) in [6.07, 6.45) is 0. The highest BCUT2D eigenvalue weighted by Crippen LogP contribution is 2.21. The number of quaternary nitrogens is 1. The third-order valence-electron chi connectivity index (χ3n) is 4.37. The SMILES string of the molecule is Cc1cccc(N2CC[N+](C)(C(C)C)CC2)c1. The summed E-state index contributed by atoms with van der Waals surface area (Å²) in [6, 6.07) is 9.59. The van der Waals surface area contributed by atoms with E-state index in [4.69, 9.17) is 0 Å². The Morgan fingerprint density at radius 2 is 1.82 bits per heavy atom. The molecule has 1 saturated heterocycles. The second kappa shape index (κ2) is 4.69. The molecule has 0 spiro atoms. The van der Waals surface area contributed by atoms with Crippen molar-refractivity contribution in [1.29, 1.82) is 0 Å². The highest BCUT2D eigenvalue weighted by atomic mass is 15.4. The van der Waals surface area contributed by atoms with Gasteiger partial charge in [0.05, 0.1) is 39.3 Å². The van der Waals surface area contributed by atoms with Crippen LogP contribution in [0, 0.1) is 6.92 Å². The lowest BCUT2D eigenvalue weighted by Crippen LogP contribution is -2.60. The molecular weight excluding hydrogens is 208 g/mol. The lowest BCUT2D eigenvalue weighted by molar-refractivity contribution is -0.930. The van der Waals surface area contributed by atoms with Gasteiger partial charge in [-0.25, -0.2) is 0 Å². The number of aryl methyl sites for hydroxylation is 1. The molecule has 0 bridgehead atoms. The first kappa shape index (κ1) is 12.4. The Morgan fingerprint density at radius 3 is 2.35 bits per heavy atom. The molecule has 2 rings (SSSR count). The van der Waals surface area contributed by atoms with Crippen molar-refractivity contribution in [2.75, 3.05) is 38.1 Å². The molecule has 2 nitrogen and oxygen atoms in total. The molecule has 94 valence electrons. The molecule has 1 heterocycles. The Bertz CT molecular complexity index is 376. The summed E-state index contributed by atoms with van der Waals surface area (Å²) in [5, 5.41) is 0. The summed E-state index contributed by atoms with van der Waals surface area (Å²) in [5.74, 6) is 0. The average Bonchev–Trinajstić information content (AvgIpc) is 2.30. The Labute approximate surface area is 105 Å². The lowest BCUT2D eigenvalue weighted by Gasteiger charge is -2.45. The second-order valence-electron chi connectivity index (χ2n) is 5.85. The van der Waals surface area contributed by atoms with Gasteiger partial charge in [0.2, 0.25) is 0 Å². The molecule has 17 heavy (non-hydrogen) atoms. The maximum atomic E-state index is 2.52. The number of nitrogens with zero attached hydrogens (tertiary/aromatic N) is 2. The van der Waals surface area contributed by atoms with E-state index < -0.39 is 0 Å². The highest BCUT2D eigenvalue weighted by molar-refractivity contribution is 5.48. The van der Waals surface area contributed by atoms with Crippen molar-refractivity contribution in [3.63, 3.8) is 0 Å². The van der Waals surface area contributed by atoms with E-state index >= 15 is 0 Å². The Balaban J connectivity index is 2.04. The fourth-order valence-electron chi connectivity index (χ4n) is 2.52. The standard InChI is InChI=1S/C15H25N2/c1-13(2)17(4)10-8-16(9-11-17)15-7-5-6-14(3)12-15/h5-7,12-13H,8-11H2,1-4H3/q+1. The van der Waals surface area contributed by atoms with E-state index in [9.17, 15) is 0 Å². The fraction of sp³-hybridized carbons (Fsp3) is 0.600. The van der Waals surface area contributed by atoms with Gasteiger partial charge in [0.1, 0.15) is 0 Å². The molecule has 0 aromatic heterocycles. The van der Waals surface area contributed by atoms with Crippen molar-refractivity contribution < 1.29 is 4.48 Å². The quantitative estimate of drug-likeness (QED) is 0.710. The first-order chi connectivity index (χ1) is 8.01. The van der Waals surface area contributed by atoms with Gasteiger partial charge in [0, 0.05) is 5.69 Å². The Kier molecular flexibility index (Phi) is 3.43. The van der Waals surface area contributed by atoms with Crippen LogP contribution in [0.4, 0.5) is 5.69 Å². The summed E-state index contributed by atoms with van der Waals surface area (Å²) < 4.78 is 1.21. The topological polar surface area (TPSA) is 3.24 Å². The van der Waals surface area contributed by atoms with Gasteiger partial charge < -0.3 is 9.38 Å². The van der Waals surface area contributed by atoms with E-state index in [-0.39, 0.29) is 0 Å². The normalized spacial score (nSPS) is 19.7. The minimum Gasteiger partial charge on any atom is -0.360 e. The Morgan fingerprint density at radius 1 is 1.18 bits per heavy atom. The molecule has 1 aliphatic rings. The van der Waals surface area contributed by atoms with Gasteiger partial charge in [-0.3, -0.25) is 0 Å². The van der Waals surface area contributed by atoms with Crippen LogP contribution in [0.5, 0.6) is 0 Å². The van der Waals surface area contributed by atoms with Gasteiger partial charge in [-0.05, 0) is 38.5 Å². The van der Waals surface area contributed by atoms with Crippen LogP contribution in [0.25, 0.3) is 0 Å². The van der Waals surface area contributed by atoms with Crippen molar-refractivity contribution in [2.45, 2.75) is 26.8 Å². The van der Waals surface area contributed by atoms with Crippen LogP contribution in [-0.4, -0.2) is 43.8 Å². The van der Waals surface area contributed by atoms with Crippen LogP contribution in [0.1, 0.15) is 19.4 Å². The maximum Gasteiger partial charge on any atom is 0.0965 e. The summed E-state index contributed by atoms with van der Waals surface area (Å²) in [5.41, 5.74) is 2.74. The van der Waals surface area contributed by atoms with E-state index in [1.165, 1.54) is 41.9 Å². The van der Waals surface area contributed by atoms with Gasteiger partial charge in [0.15, 0.2) is 0 Å². The van der Waals surface area contributed by atoms with Crippen LogP contribution in [0.2, 0.25) is 0 Å². The third-order valence-corrected chi connectivity index (χ3v) is 4.37. The maximum absolute atomic E-state index is 2.52. The number of hydrogen-bond donors (Lipinski definition) is 0. The van der Waals surface area contributed by atoms with Crippen LogP contribution in [0.15, 0.2) is 24.3 Å². The average molecular weight is 233 g/mol. The van der Waals surface area contributed by atoms with Crippen molar-refractivity contribution >= 4 is 5.69 Å². The molecule has 1 fully saturated rings. The molecule has 0 unspecified atom stereocenters. The van der Waals surface area contributed by atoms with Gasteiger partial charge >= 0.3 is 0 Å². The zero-order valence-corrected chi connectivity index (χ0v) is 11.6. The molecule has 0 aliphatic carbocycles. The van der Waals surface area contributed by atoms with Crippen LogP contribution in [-0.2, 0) is 0 Å². The third kappa shape index (κ3) is 2.63.